The van der Waals surface area contributed by atoms with Gasteiger partial charge in [-0.3, -0.25) is 0 Å². The van der Waals surface area contributed by atoms with E-state index in [1.165, 1.54) is 57.3 Å². The lowest BCUT2D eigenvalue weighted by atomic mass is 10.0. The van der Waals surface area contributed by atoms with Crippen molar-refractivity contribution in [1.29, 1.82) is 0 Å². The average molecular weight is 1210 g/mol. The van der Waals surface area contributed by atoms with E-state index >= 15 is 0 Å². The summed E-state index contributed by atoms with van der Waals surface area (Å²) in [5.41, 5.74) is 10.7. The number of halogens is 3. The number of nitrogens with zero attached hydrogens (tertiary/aromatic N) is 3. The number of nitrogens with two attached hydrogens (primary N) is 1. The molecule has 5 aromatic rings. The maximum absolute atomic E-state index is 13.3. The first kappa shape index (κ1) is 69.6. The SMILES string of the molecule is C.CC(C)COc1ccc(CN)cc1.CC(C)COc1ccc(CNC(=O)N(Cc2ccc(F)cc2)C2CCN(C)CC2)cc1.CN1CCC(NCc2ccc(F)cc2)CC1.COC(=O)NCc1ccc(OCC(C)C)cc1.I. The molecule has 5 aromatic carbocycles. The lowest BCUT2D eigenvalue weighted by molar-refractivity contribution is 0.127. The number of piperidine rings is 2. The Labute approximate surface area is 489 Å². The molecule has 16 heteroatoms. The molecule has 2 fully saturated rings. The molecule has 7 rings (SSSR count). The van der Waals surface area contributed by atoms with Crippen LogP contribution in [0.1, 0.15) is 102 Å². The largest absolute Gasteiger partial charge is 0.493 e. The van der Waals surface area contributed by atoms with E-state index in [9.17, 15) is 18.4 Å². The van der Waals surface area contributed by atoms with Gasteiger partial charge >= 0.3 is 12.1 Å². The Morgan fingerprint density at radius 2 is 0.911 bits per heavy atom. The zero-order valence-electron chi connectivity index (χ0n) is 47.8. The molecule has 0 spiro atoms. The van der Waals surface area contributed by atoms with Crippen LogP contribution in [0.3, 0.4) is 0 Å². The molecule has 0 radical (unpaired) electrons. The monoisotopic (exact) mass is 1210 g/mol. The smallest absolute Gasteiger partial charge is 0.407 e. The van der Waals surface area contributed by atoms with Gasteiger partial charge < -0.3 is 55.3 Å². The molecule has 0 unspecified atom stereocenters. The van der Waals surface area contributed by atoms with Gasteiger partial charge in [0, 0.05) is 44.8 Å². The topological polar surface area (TPSA) is 143 Å². The van der Waals surface area contributed by atoms with Crippen LogP contribution in [0.25, 0.3) is 0 Å². The van der Waals surface area contributed by atoms with Crippen LogP contribution in [-0.2, 0) is 37.5 Å². The number of carbonyl (C=O) groups excluding carboxylic acids is 2. The standard InChI is InChI=1S/C25H34FN3O2.C13H19FN2.C13H19NO3.C11H17NO.CH4.HI/c1-19(2)18-31-24-10-6-20(7-11-24)16-27-25(30)29(23-12-14-28(3)15-13-23)17-21-4-8-22(26)9-5-21;1-16-8-6-13(7-9-16)15-10-11-2-4-12(14)5-3-11;1-10(2)9-17-12-6-4-11(5-7-12)8-14-13(15)16-3;1-9(2)8-13-11-5-3-10(7-12)4-6-11;;/h4-11,19,23H,12-18H2,1-3H3,(H,27,30);2-5,13,15H,6-10H2,1H3;4-7,10H,8-9H2,1-3H3,(H,14,15);3-6,9H,7-8,12H2,1-2H3;1H4;1H. The summed E-state index contributed by atoms with van der Waals surface area (Å²) < 4.78 is 47.3. The molecule has 0 saturated carbocycles. The van der Waals surface area contributed by atoms with E-state index < -0.39 is 6.09 Å². The average Bonchev–Trinajstić information content (AvgIpc) is 3.44. The van der Waals surface area contributed by atoms with E-state index in [2.05, 4.69) is 86.1 Å². The van der Waals surface area contributed by atoms with Crippen molar-refractivity contribution >= 4 is 36.1 Å². The molecular weight excluding hydrogens is 1120 g/mol. The quantitative estimate of drug-likeness (QED) is 0.0556. The number of ether oxygens (including phenoxy) is 4. The fraction of sp³-hybridized carbons (Fsp3) is 0.492. The summed E-state index contributed by atoms with van der Waals surface area (Å²) in [6.45, 7) is 22.0. The number of nitrogens with one attached hydrogen (secondary N) is 3. The Hall–Kier alpha value is -5.53. The van der Waals surface area contributed by atoms with Crippen molar-refractivity contribution in [1.82, 2.24) is 30.7 Å². The molecule has 0 bridgehead atoms. The minimum atomic E-state index is -0.426. The molecule has 2 aliphatic rings. The Morgan fingerprint density at radius 3 is 1.30 bits per heavy atom. The molecule has 0 aliphatic carbocycles. The van der Waals surface area contributed by atoms with E-state index in [1.54, 1.807) is 12.1 Å². The maximum atomic E-state index is 13.3. The summed E-state index contributed by atoms with van der Waals surface area (Å²) in [7, 11) is 5.61. The summed E-state index contributed by atoms with van der Waals surface area (Å²) in [6, 6.07) is 37.2. The molecule has 3 amide bonds. The lowest BCUT2D eigenvalue weighted by Crippen LogP contribution is -2.49. The van der Waals surface area contributed by atoms with Crippen LogP contribution in [0.15, 0.2) is 121 Å². The summed E-state index contributed by atoms with van der Waals surface area (Å²) in [5, 5.41) is 9.21. The van der Waals surface area contributed by atoms with Crippen molar-refractivity contribution in [2.45, 2.75) is 119 Å². The molecule has 438 valence electrons. The van der Waals surface area contributed by atoms with E-state index in [0.29, 0.717) is 63.2 Å². The number of rotatable bonds is 20. The first-order valence-corrected chi connectivity index (χ1v) is 27.3. The number of urea groups is 1. The summed E-state index contributed by atoms with van der Waals surface area (Å²) in [5.74, 6) is 3.73. The molecule has 79 heavy (non-hydrogen) atoms. The maximum Gasteiger partial charge on any atom is 0.407 e. The second-order valence-corrected chi connectivity index (χ2v) is 21.1. The predicted molar refractivity (Wildman–Crippen MR) is 328 cm³/mol. The van der Waals surface area contributed by atoms with Gasteiger partial charge in [0.05, 0.1) is 26.9 Å². The van der Waals surface area contributed by atoms with Crippen molar-refractivity contribution in [2.24, 2.45) is 23.5 Å². The number of hydrogen-bond acceptors (Lipinski definition) is 10. The van der Waals surface area contributed by atoms with Gasteiger partial charge in [0.1, 0.15) is 28.9 Å². The zero-order chi connectivity index (χ0) is 56.0. The van der Waals surface area contributed by atoms with Gasteiger partial charge in [0.25, 0.3) is 0 Å². The van der Waals surface area contributed by atoms with Crippen molar-refractivity contribution in [2.75, 3.05) is 67.2 Å². The molecule has 0 atom stereocenters. The van der Waals surface area contributed by atoms with Crippen LogP contribution in [0.2, 0.25) is 0 Å². The Kier molecular flexibility index (Phi) is 34.3. The fourth-order valence-electron chi connectivity index (χ4n) is 7.98. The minimum Gasteiger partial charge on any atom is -0.493 e. The molecule has 2 saturated heterocycles. The van der Waals surface area contributed by atoms with Crippen LogP contribution >= 0.6 is 24.0 Å². The van der Waals surface area contributed by atoms with E-state index in [0.717, 1.165) is 84.1 Å². The Bertz CT molecular complexity index is 2370. The fourth-order valence-corrected chi connectivity index (χ4v) is 7.98. The van der Waals surface area contributed by atoms with Crippen LogP contribution in [-0.4, -0.2) is 106 Å². The number of likely N-dealkylation sites (tertiary alicyclic amines) is 2. The molecule has 13 nitrogen and oxygen atoms in total. The number of hydrogen-bond donors (Lipinski definition) is 4. The third-order valence-corrected chi connectivity index (χ3v) is 12.7. The van der Waals surface area contributed by atoms with Gasteiger partial charge in [-0.1, -0.05) is 110 Å². The molecule has 0 aromatic heterocycles. The van der Waals surface area contributed by atoms with Crippen molar-refractivity contribution in [3.63, 3.8) is 0 Å². The summed E-state index contributed by atoms with van der Waals surface area (Å²) in [6.07, 6.45) is 3.86. The van der Waals surface area contributed by atoms with Crippen LogP contribution in [0.4, 0.5) is 18.4 Å². The third kappa shape index (κ3) is 29.5. The second-order valence-electron chi connectivity index (χ2n) is 21.1. The first-order chi connectivity index (χ1) is 37.0. The van der Waals surface area contributed by atoms with Gasteiger partial charge in [0.15, 0.2) is 0 Å². The number of benzene rings is 5. The van der Waals surface area contributed by atoms with Gasteiger partial charge in [-0.2, -0.15) is 0 Å². The van der Waals surface area contributed by atoms with E-state index in [4.69, 9.17) is 19.9 Å². The van der Waals surface area contributed by atoms with Gasteiger partial charge in [-0.05, 0) is 172 Å². The number of methoxy groups -OCH3 is 1. The Morgan fingerprint density at radius 1 is 0.557 bits per heavy atom. The van der Waals surface area contributed by atoms with Crippen LogP contribution in [0.5, 0.6) is 17.2 Å². The predicted octanol–water partition coefficient (Wildman–Crippen LogP) is 12.7. The molecule has 2 aliphatic heterocycles. The normalized spacial score (nSPS) is 13.7. The van der Waals surface area contributed by atoms with Crippen molar-refractivity contribution in [3.05, 3.63) is 161 Å². The highest BCUT2D eigenvalue weighted by Crippen LogP contribution is 2.21. The highest BCUT2D eigenvalue weighted by Gasteiger charge is 2.27. The minimum absolute atomic E-state index is 0. The van der Waals surface area contributed by atoms with Gasteiger partial charge in [0.2, 0.25) is 0 Å². The number of alkyl carbamates (subject to hydrolysis) is 1. The first-order valence-electron chi connectivity index (χ1n) is 27.3. The van der Waals surface area contributed by atoms with E-state index in [-0.39, 0.29) is 55.1 Å². The summed E-state index contributed by atoms with van der Waals surface area (Å²) >= 11 is 0. The Balaban J connectivity index is 0.000000381. The molecule has 5 N–H and O–H groups in total. The molecular formula is C63H94F2IN7O6. The van der Waals surface area contributed by atoms with Gasteiger partial charge in [-0.25, -0.2) is 18.4 Å². The third-order valence-electron chi connectivity index (χ3n) is 12.7. The van der Waals surface area contributed by atoms with Crippen molar-refractivity contribution in [3.8, 4) is 17.2 Å². The number of amides is 3. The van der Waals surface area contributed by atoms with Gasteiger partial charge in [-0.15, -0.1) is 24.0 Å². The van der Waals surface area contributed by atoms with E-state index in [1.807, 2.05) is 89.8 Å². The highest BCUT2D eigenvalue weighted by atomic mass is 127. The lowest BCUT2D eigenvalue weighted by Gasteiger charge is -2.37. The van der Waals surface area contributed by atoms with Crippen LogP contribution < -0.4 is 35.9 Å². The highest BCUT2D eigenvalue weighted by molar-refractivity contribution is 14.0. The summed E-state index contributed by atoms with van der Waals surface area (Å²) in [4.78, 5) is 30.5. The number of carbonyl (C=O) groups is 2. The zero-order valence-corrected chi connectivity index (χ0v) is 50.1. The molecule has 2 heterocycles. The second kappa shape index (κ2) is 39.0. The van der Waals surface area contributed by atoms with Crippen molar-refractivity contribution < 1.29 is 37.3 Å². The van der Waals surface area contributed by atoms with Crippen LogP contribution in [0, 0.1) is 29.4 Å².